The van der Waals surface area contributed by atoms with Gasteiger partial charge in [-0.3, -0.25) is 5.32 Å². The molecule has 0 saturated carbocycles. The largest absolute Gasteiger partial charge is 0.376 e. The highest BCUT2D eigenvalue weighted by Gasteiger charge is 2.16. The summed E-state index contributed by atoms with van der Waals surface area (Å²) >= 11 is 5.03. The maximum absolute atomic E-state index is 10.2. The molecule has 0 aliphatic rings. The van der Waals surface area contributed by atoms with Crippen molar-refractivity contribution < 1.29 is 5.11 Å². The summed E-state index contributed by atoms with van der Waals surface area (Å²) in [6.07, 6.45) is -0.928. The Morgan fingerprint density at radius 1 is 1.05 bits per heavy atom. The molecule has 2 rings (SSSR count). The van der Waals surface area contributed by atoms with Crippen molar-refractivity contribution in [3.8, 4) is 0 Å². The number of aliphatic hydroxyl groups excluding tert-OH is 1. The first-order valence-corrected chi connectivity index (χ1v) is 7.13. The summed E-state index contributed by atoms with van der Waals surface area (Å²) in [4.78, 5) is 1.55. The lowest BCUT2D eigenvalue weighted by atomic mass is 10.2. The van der Waals surface area contributed by atoms with Gasteiger partial charge in [0.25, 0.3) is 0 Å². The third-order valence-corrected chi connectivity index (χ3v) is 3.34. The third kappa shape index (κ3) is 4.82. The third-order valence-electron chi connectivity index (χ3n) is 3.11. The van der Waals surface area contributed by atoms with Gasteiger partial charge in [0.2, 0.25) is 0 Å². The Kier molecular flexibility index (Phi) is 5.68. The summed E-state index contributed by atoms with van der Waals surface area (Å²) in [5.41, 5.74) is 7.83. The molecule has 0 fully saturated rings. The molecule has 1 atom stereocenters. The second-order valence-corrected chi connectivity index (χ2v) is 5.11. The highest BCUT2D eigenvalue weighted by atomic mass is 32.1. The minimum atomic E-state index is -0.928. The van der Waals surface area contributed by atoms with Gasteiger partial charge in [0.05, 0.1) is 0 Å². The molecule has 0 radical (unpaired) electrons. The Morgan fingerprint density at radius 3 is 2.10 bits per heavy atom. The van der Waals surface area contributed by atoms with E-state index in [4.69, 9.17) is 18.0 Å². The van der Waals surface area contributed by atoms with Crippen LogP contribution in [0.4, 0.5) is 0 Å². The highest BCUT2D eigenvalue weighted by Crippen LogP contribution is 2.07. The number of rotatable bonds is 6. The van der Waals surface area contributed by atoms with Gasteiger partial charge in [-0.15, -0.1) is 0 Å². The number of nitrogens with zero attached hydrogens (tertiary/aromatic N) is 1. The van der Waals surface area contributed by atoms with E-state index in [0.29, 0.717) is 13.1 Å². The molecular weight excluding hydrogens is 282 g/mol. The SMILES string of the molecule is NC(=S)N(Cc1ccccc1)C(O)NCc1ccccc1. The average molecular weight is 301 g/mol. The van der Waals surface area contributed by atoms with Crippen LogP contribution in [0, 0.1) is 0 Å². The molecule has 0 aliphatic heterocycles. The molecular formula is C16H19N3OS. The molecule has 110 valence electrons. The van der Waals surface area contributed by atoms with Crippen molar-refractivity contribution in [2.45, 2.75) is 19.4 Å². The summed E-state index contributed by atoms with van der Waals surface area (Å²) in [5.74, 6) is 0. The first-order chi connectivity index (χ1) is 10.2. The zero-order valence-electron chi connectivity index (χ0n) is 11.6. The smallest absolute Gasteiger partial charge is 0.186 e. The fourth-order valence-electron chi connectivity index (χ4n) is 1.98. The van der Waals surface area contributed by atoms with Crippen LogP contribution in [0.5, 0.6) is 0 Å². The van der Waals surface area contributed by atoms with Gasteiger partial charge < -0.3 is 15.7 Å². The second-order valence-electron chi connectivity index (χ2n) is 4.69. The second kappa shape index (κ2) is 7.73. The minimum absolute atomic E-state index is 0.159. The van der Waals surface area contributed by atoms with Gasteiger partial charge in [-0.25, -0.2) is 0 Å². The predicted octanol–water partition coefficient (Wildman–Crippen LogP) is 1.80. The Balaban J connectivity index is 1.96. The first-order valence-electron chi connectivity index (χ1n) is 6.72. The molecule has 0 spiro atoms. The van der Waals surface area contributed by atoms with E-state index in [1.54, 1.807) is 4.90 Å². The van der Waals surface area contributed by atoms with Crippen LogP contribution < -0.4 is 11.1 Å². The van der Waals surface area contributed by atoms with Crippen LogP contribution in [0.15, 0.2) is 60.7 Å². The number of hydrogen-bond acceptors (Lipinski definition) is 3. The van der Waals surface area contributed by atoms with E-state index in [2.05, 4.69) is 5.32 Å². The lowest BCUT2D eigenvalue weighted by Crippen LogP contribution is -2.50. The van der Waals surface area contributed by atoms with Gasteiger partial charge in [-0.1, -0.05) is 60.7 Å². The summed E-state index contributed by atoms with van der Waals surface area (Å²) in [7, 11) is 0. The maximum atomic E-state index is 10.2. The van der Waals surface area contributed by atoms with Crippen LogP contribution in [0.1, 0.15) is 11.1 Å². The van der Waals surface area contributed by atoms with E-state index in [1.807, 2.05) is 60.7 Å². The molecule has 1 unspecified atom stereocenters. The number of nitrogens with one attached hydrogen (secondary N) is 1. The van der Waals surface area contributed by atoms with Crippen molar-refractivity contribution in [3.63, 3.8) is 0 Å². The van der Waals surface area contributed by atoms with Crippen molar-refractivity contribution in [2.75, 3.05) is 0 Å². The molecule has 0 heterocycles. The monoisotopic (exact) mass is 301 g/mol. The van der Waals surface area contributed by atoms with Crippen LogP contribution >= 0.6 is 12.2 Å². The lowest BCUT2D eigenvalue weighted by molar-refractivity contribution is 0.0180. The molecule has 0 bridgehead atoms. The molecule has 4 nitrogen and oxygen atoms in total. The van der Waals surface area contributed by atoms with Gasteiger partial charge in [0.15, 0.2) is 11.5 Å². The fourth-order valence-corrected chi connectivity index (χ4v) is 2.14. The van der Waals surface area contributed by atoms with Crippen molar-refractivity contribution >= 4 is 17.3 Å². The fraction of sp³-hybridized carbons (Fsp3) is 0.188. The number of benzene rings is 2. The molecule has 0 aliphatic carbocycles. The molecule has 0 aromatic heterocycles. The van der Waals surface area contributed by atoms with Crippen LogP contribution in [0.2, 0.25) is 0 Å². The predicted molar refractivity (Wildman–Crippen MR) is 88.1 cm³/mol. The van der Waals surface area contributed by atoms with E-state index in [0.717, 1.165) is 11.1 Å². The standard InChI is InChI=1S/C16H19N3OS/c17-15(21)19(12-14-9-5-2-6-10-14)16(20)18-11-13-7-3-1-4-8-13/h1-10,16,18,20H,11-12H2,(H2,17,21). The van der Waals surface area contributed by atoms with E-state index in [1.165, 1.54) is 0 Å². The lowest BCUT2D eigenvalue weighted by Gasteiger charge is -2.29. The van der Waals surface area contributed by atoms with E-state index in [9.17, 15) is 5.11 Å². The van der Waals surface area contributed by atoms with Gasteiger partial charge in [0.1, 0.15) is 0 Å². The Labute approximate surface area is 130 Å². The molecule has 2 aromatic carbocycles. The summed E-state index contributed by atoms with van der Waals surface area (Å²) < 4.78 is 0. The van der Waals surface area contributed by atoms with E-state index in [-0.39, 0.29) is 5.11 Å². The molecule has 0 amide bonds. The average Bonchev–Trinajstić information content (AvgIpc) is 2.52. The van der Waals surface area contributed by atoms with Crippen molar-refractivity contribution in [1.82, 2.24) is 10.2 Å². The Morgan fingerprint density at radius 2 is 1.57 bits per heavy atom. The van der Waals surface area contributed by atoms with Crippen LogP contribution in [0.25, 0.3) is 0 Å². The maximum Gasteiger partial charge on any atom is 0.186 e. The zero-order chi connectivity index (χ0) is 15.1. The highest BCUT2D eigenvalue weighted by molar-refractivity contribution is 7.80. The quantitative estimate of drug-likeness (QED) is 0.561. The number of thiocarbonyl (C=S) groups is 1. The van der Waals surface area contributed by atoms with E-state index >= 15 is 0 Å². The summed E-state index contributed by atoms with van der Waals surface area (Å²) in [6.45, 7) is 0.995. The van der Waals surface area contributed by atoms with Gasteiger partial charge in [-0.2, -0.15) is 0 Å². The normalized spacial score (nSPS) is 11.9. The Bertz CT molecular complexity index is 562. The summed E-state index contributed by atoms with van der Waals surface area (Å²) in [6, 6.07) is 19.6. The van der Waals surface area contributed by atoms with Gasteiger partial charge >= 0.3 is 0 Å². The van der Waals surface area contributed by atoms with Gasteiger partial charge in [0, 0.05) is 13.1 Å². The molecule has 0 saturated heterocycles. The molecule has 4 N–H and O–H groups in total. The van der Waals surface area contributed by atoms with Crippen LogP contribution in [-0.4, -0.2) is 21.5 Å². The topological polar surface area (TPSA) is 61.5 Å². The number of nitrogens with two attached hydrogens (primary N) is 1. The van der Waals surface area contributed by atoms with Crippen molar-refractivity contribution in [1.29, 1.82) is 0 Å². The molecule has 5 heteroatoms. The van der Waals surface area contributed by atoms with Gasteiger partial charge in [-0.05, 0) is 23.3 Å². The summed E-state index contributed by atoms with van der Waals surface area (Å²) in [5, 5.41) is 13.4. The van der Waals surface area contributed by atoms with E-state index < -0.39 is 6.35 Å². The van der Waals surface area contributed by atoms with Crippen LogP contribution in [0.3, 0.4) is 0 Å². The Hall–Kier alpha value is -1.95. The van der Waals surface area contributed by atoms with Crippen molar-refractivity contribution in [3.05, 3.63) is 71.8 Å². The number of hydrogen-bond donors (Lipinski definition) is 3. The zero-order valence-corrected chi connectivity index (χ0v) is 12.5. The number of aliphatic hydroxyl groups is 1. The molecule has 2 aromatic rings. The van der Waals surface area contributed by atoms with Crippen LogP contribution in [-0.2, 0) is 13.1 Å². The molecule has 21 heavy (non-hydrogen) atoms. The minimum Gasteiger partial charge on any atom is -0.376 e. The first kappa shape index (κ1) is 15.4. The van der Waals surface area contributed by atoms with Crippen molar-refractivity contribution in [2.24, 2.45) is 5.73 Å².